The minimum absolute atomic E-state index is 0.00700. The van der Waals surface area contributed by atoms with Crippen LogP contribution in [0.3, 0.4) is 0 Å². The smallest absolute Gasteiger partial charge is 0.288 e. The molecule has 2 aromatic rings. The Morgan fingerprint density at radius 2 is 1.97 bits per heavy atom. The van der Waals surface area contributed by atoms with Crippen molar-refractivity contribution >= 4 is 34.8 Å². The maximum absolute atomic E-state index is 13.6. The Labute approximate surface area is 209 Å². The van der Waals surface area contributed by atoms with Crippen molar-refractivity contribution in [3.05, 3.63) is 50.4 Å². The average molecular weight is 512 g/mol. The number of hydrogen-bond donors (Lipinski definition) is 2. The summed E-state index contributed by atoms with van der Waals surface area (Å²) >= 11 is 12.3. The first-order valence-corrected chi connectivity index (χ1v) is 12.2. The third-order valence-electron chi connectivity index (χ3n) is 7.81. The second kappa shape index (κ2) is 10.2. The van der Waals surface area contributed by atoms with E-state index in [0.717, 1.165) is 11.1 Å². The van der Waals surface area contributed by atoms with Gasteiger partial charge >= 0.3 is 0 Å². The zero-order chi connectivity index (χ0) is 25.4. The zero-order valence-corrected chi connectivity index (χ0v) is 21.8. The molecular formula is C24H32Cl2FN5O2. The lowest BCUT2D eigenvalue weighted by Gasteiger charge is -2.50. The van der Waals surface area contributed by atoms with E-state index >= 15 is 0 Å². The highest BCUT2D eigenvalue weighted by molar-refractivity contribution is 6.33. The van der Waals surface area contributed by atoms with Crippen molar-refractivity contribution in [2.45, 2.75) is 66.6 Å². The molecular weight excluding hydrogens is 480 g/mol. The van der Waals surface area contributed by atoms with Crippen LogP contribution in [0.5, 0.6) is 0 Å². The Kier molecular flexibility index (Phi) is 7.92. The molecule has 1 amide bonds. The van der Waals surface area contributed by atoms with Gasteiger partial charge in [0, 0.05) is 12.2 Å². The number of pyridine rings is 1. The number of rotatable bonds is 6. The maximum Gasteiger partial charge on any atom is 0.288 e. The minimum atomic E-state index is -0.812. The minimum Gasteiger partial charge on any atom is -0.379 e. The van der Waals surface area contributed by atoms with Crippen molar-refractivity contribution in [1.82, 2.24) is 20.1 Å². The second-order valence-electron chi connectivity index (χ2n) is 9.99. The first-order chi connectivity index (χ1) is 15.8. The van der Waals surface area contributed by atoms with E-state index in [9.17, 15) is 14.0 Å². The summed E-state index contributed by atoms with van der Waals surface area (Å²) in [6.45, 7) is 12.7. The Morgan fingerprint density at radius 1 is 1.29 bits per heavy atom. The van der Waals surface area contributed by atoms with Gasteiger partial charge in [0.15, 0.2) is 0 Å². The Bertz CT molecular complexity index is 1120. The normalized spacial score (nSPS) is 25.0. The molecule has 0 saturated heterocycles. The molecule has 0 aliphatic heterocycles. The van der Waals surface area contributed by atoms with Crippen LogP contribution in [0.2, 0.25) is 10.0 Å². The highest BCUT2D eigenvalue weighted by Crippen LogP contribution is 2.48. The highest BCUT2D eigenvalue weighted by Gasteiger charge is 2.43. The molecule has 2 heterocycles. The van der Waals surface area contributed by atoms with E-state index in [1.807, 2.05) is 0 Å². The molecule has 1 saturated carbocycles. The van der Waals surface area contributed by atoms with Crippen molar-refractivity contribution in [2.75, 3.05) is 5.32 Å². The predicted molar refractivity (Wildman–Crippen MR) is 133 cm³/mol. The number of nitrogens with zero attached hydrogens (tertiary/aromatic N) is 3. The number of hydrogen-bond acceptors (Lipinski definition) is 5. The van der Waals surface area contributed by atoms with E-state index in [1.54, 1.807) is 6.92 Å². The standard InChI is InChI=1S/C24H32Cl2FN5O2/c1-12-9-17(13(2)14(3)24(12,5)6)31-18-10-29-32(23(34)21(18)26)11-19(33)30-15(4)16-7-8-28-22(27)20(16)25/h7-8,10,12-15,17,31H,9,11H2,1-6H3,(H,30,33)/t12-,13+,14+,15?,17+/m0/s1. The van der Waals surface area contributed by atoms with Crippen molar-refractivity contribution in [3.63, 3.8) is 0 Å². The van der Waals surface area contributed by atoms with Crippen LogP contribution in [0.25, 0.3) is 0 Å². The van der Waals surface area contributed by atoms with Crippen LogP contribution in [0.4, 0.5) is 10.1 Å². The topological polar surface area (TPSA) is 88.9 Å². The fraction of sp³-hybridized carbons (Fsp3) is 0.583. The van der Waals surface area contributed by atoms with Crippen LogP contribution < -0.4 is 16.2 Å². The maximum atomic E-state index is 13.6. The molecule has 10 heteroatoms. The van der Waals surface area contributed by atoms with Gasteiger partial charge in [-0.2, -0.15) is 9.49 Å². The van der Waals surface area contributed by atoms with Gasteiger partial charge in [-0.05, 0) is 48.1 Å². The molecule has 186 valence electrons. The lowest BCUT2D eigenvalue weighted by atomic mass is 9.58. The summed E-state index contributed by atoms with van der Waals surface area (Å²) in [5.74, 6) is 0.0534. The van der Waals surface area contributed by atoms with E-state index in [1.165, 1.54) is 18.5 Å². The van der Waals surface area contributed by atoms with Crippen LogP contribution >= 0.6 is 23.2 Å². The van der Waals surface area contributed by atoms with Crippen molar-refractivity contribution in [2.24, 2.45) is 23.2 Å². The third kappa shape index (κ3) is 5.23. The van der Waals surface area contributed by atoms with Gasteiger partial charge in [0.05, 0.1) is 17.9 Å². The van der Waals surface area contributed by atoms with Gasteiger partial charge in [-0.15, -0.1) is 0 Å². The van der Waals surface area contributed by atoms with E-state index in [-0.39, 0.29) is 28.0 Å². The van der Waals surface area contributed by atoms with Crippen molar-refractivity contribution in [3.8, 4) is 0 Å². The molecule has 0 bridgehead atoms. The van der Waals surface area contributed by atoms with Gasteiger partial charge in [0.2, 0.25) is 11.9 Å². The largest absolute Gasteiger partial charge is 0.379 e. The summed E-state index contributed by atoms with van der Waals surface area (Å²) in [6, 6.07) is 1.08. The van der Waals surface area contributed by atoms with Crippen molar-refractivity contribution < 1.29 is 9.18 Å². The Morgan fingerprint density at radius 3 is 2.65 bits per heavy atom. The molecule has 1 aliphatic rings. The predicted octanol–water partition coefficient (Wildman–Crippen LogP) is 5.08. The van der Waals surface area contributed by atoms with Gasteiger partial charge < -0.3 is 10.6 Å². The summed E-state index contributed by atoms with van der Waals surface area (Å²) in [4.78, 5) is 28.8. The number of carbonyl (C=O) groups is 1. The molecule has 1 fully saturated rings. The number of anilines is 1. The number of nitrogens with one attached hydrogen (secondary N) is 2. The molecule has 2 N–H and O–H groups in total. The molecule has 34 heavy (non-hydrogen) atoms. The van der Waals surface area contributed by atoms with Crippen LogP contribution in [-0.2, 0) is 11.3 Å². The fourth-order valence-corrected chi connectivity index (χ4v) is 5.19. The van der Waals surface area contributed by atoms with Gasteiger partial charge in [0.1, 0.15) is 16.6 Å². The summed E-state index contributed by atoms with van der Waals surface area (Å²) in [5.41, 5.74) is 0.507. The molecule has 2 aromatic heterocycles. The fourth-order valence-electron chi connectivity index (χ4n) is 4.71. The Balaban J connectivity index is 1.70. The lowest BCUT2D eigenvalue weighted by Crippen LogP contribution is -2.48. The number of halogens is 3. The molecule has 3 rings (SSSR count). The summed E-state index contributed by atoms with van der Waals surface area (Å²) in [6.07, 6.45) is 3.71. The number of carbonyl (C=O) groups excluding carboxylic acids is 1. The summed E-state index contributed by atoms with van der Waals surface area (Å²) in [5, 5.41) is 10.1. The molecule has 1 unspecified atom stereocenters. The third-order valence-corrected chi connectivity index (χ3v) is 8.55. The number of amides is 1. The molecule has 1 aliphatic carbocycles. The van der Waals surface area contributed by atoms with Gasteiger partial charge in [-0.1, -0.05) is 57.8 Å². The average Bonchev–Trinajstić information content (AvgIpc) is 2.77. The molecule has 7 nitrogen and oxygen atoms in total. The SMILES string of the molecule is CC(NC(=O)Cn1ncc(N[C@@H]2C[C@H](C)C(C)(C)[C@H](C)[C@H]2C)c(Cl)c1=O)c1ccnc(F)c1Cl. The molecule has 0 spiro atoms. The van der Waals surface area contributed by atoms with Crippen molar-refractivity contribution in [1.29, 1.82) is 0 Å². The van der Waals surface area contributed by atoms with Crippen LogP contribution in [-0.4, -0.2) is 26.7 Å². The second-order valence-corrected chi connectivity index (χ2v) is 10.7. The van der Waals surface area contributed by atoms with Crippen LogP contribution in [0.15, 0.2) is 23.3 Å². The van der Waals surface area contributed by atoms with Gasteiger partial charge in [-0.3, -0.25) is 9.59 Å². The zero-order valence-electron chi connectivity index (χ0n) is 20.3. The quantitative estimate of drug-likeness (QED) is 0.527. The lowest BCUT2D eigenvalue weighted by molar-refractivity contribution is -0.122. The highest BCUT2D eigenvalue weighted by atomic mass is 35.5. The summed E-state index contributed by atoms with van der Waals surface area (Å²) in [7, 11) is 0. The van der Waals surface area contributed by atoms with E-state index in [4.69, 9.17) is 23.2 Å². The Hall–Kier alpha value is -2.19. The molecule has 0 radical (unpaired) electrons. The molecule has 5 atom stereocenters. The van der Waals surface area contributed by atoms with Crippen LogP contribution in [0, 0.1) is 29.1 Å². The van der Waals surface area contributed by atoms with E-state index in [0.29, 0.717) is 29.0 Å². The van der Waals surface area contributed by atoms with Crippen LogP contribution in [0.1, 0.15) is 59.6 Å². The molecule has 0 aromatic carbocycles. The first-order valence-electron chi connectivity index (χ1n) is 11.5. The van der Waals surface area contributed by atoms with Gasteiger partial charge in [-0.25, -0.2) is 9.67 Å². The number of aromatic nitrogens is 3. The first kappa shape index (κ1) is 26.4. The van der Waals surface area contributed by atoms with E-state index in [2.05, 4.69) is 55.3 Å². The van der Waals surface area contributed by atoms with E-state index < -0.39 is 23.5 Å². The monoisotopic (exact) mass is 511 g/mol. The van der Waals surface area contributed by atoms with Gasteiger partial charge in [0.25, 0.3) is 5.56 Å². The summed E-state index contributed by atoms with van der Waals surface area (Å²) < 4.78 is 14.6.